The van der Waals surface area contributed by atoms with Crippen molar-refractivity contribution in [3.63, 3.8) is 0 Å². The van der Waals surface area contributed by atoms with Crippen LogP contribution in [0.4, 0.5) is 10.2 Å². The second-order valence-corrected chi connectivity index (χ2v) is 7.88. The molecule has 0 unspecified atom stereocenters. The molecule has 1 aromatic carbocycles. The normalized spacial score (nSPS) is 22.2. The third-order valence-corrected chi connectivity index (χ3v) is 6.04. The van der Waals surface area contributed by atoms with E-state index in [2.05, 4.69) is 10.4 Å². The van der Waals surface area contributed by atoms with E-state index in [1.54, 1.807) is 30.5 Å². The monoisotopic (exact) mass is 422 g/mol. The van der Waals surface area contributed by atoms with Crippen molar-refractivity contribution in [2.75, 3.05) is 5.32 Å². The van der Waals surface area contributed by atoms with E-state index in [9.17, 15) is 19.2 Å². The number of nitrogens with one attached hydrogen (secondary N) is 1. The number of carbonyl (C=O) groups excluding carboxylic acids is 2. The van der Waals surface area contributed by atoms with Crippen LogP contribution in [0.3, 0.4) is 0 Å². The highest BCUT2D eigenvalue weighted by Gasteiger charge is 2.50. The average molecular weight is 422 g/mol. The van der Waals surface area contributed by atoms with Crippen molar-refractivity contribution in [3.05, 3.63) is 77.1 Å². The van der Waals surface area contributed by atoms with Crippen LogP contribution in [0.15, 0.2) is 55.0 Å². The fraction of sp³-hybridized carbons (Fsp3) is 0.273. The van der Waals surface area contributed by atoms with Gasteiger partial charge in [0, 0.05) is 24.2 Å². The molecule has 9 heteroatoms. The maximum Gasteiger partial charge on any atom is 0.339 e. The number of amides is 1. The van der Waals surface area contributed by atoms with E-state index >= 15 is 0 Å². The number of carbonyl (C=O) groups is 2. The van der Waals surface area contributed by atoms with E-state index in [0.29, 0.717) is 53.0 Å². The topological polar surface area (TPSA) is 100 Å². The Morgan fingerprint density at radius 3 is 2.81 bits per heavy atom. The molecule has 1 N–H and O–H groups in total. The second kappa shape index (κ2) is 7.19. The SMILES string of the molecule is O=C1O[C@]2(CC[C@@H](C(=O)Nc3ccn(-c4ccccc4F)n3)CC2)c2c[n+]([O-])ccc21. The summed E-state index contributed by atoms with van der Waals surface area (Å²) in [5.74, 6) is -0.984. The summed E-state index contributed by atoms with van der Waals surface area (Å²) >= 11 is 0. The van der Waals surface area contributed by atoms with Crippen LogP contribution in [0, 0.1) is 16.9 Å². The molecule has 1 aliphatic carbocycles. The first-order valence-corrected chi connectivity index (χ1v) is 10.0. The average Bonchev–Trinajstić information content (AvgIpc) is 3.32. The van der Waals surface area contributed by atoms with Gasteiger partial charge in [-0.15, -0.1) is 5.10 Å². The quantitative estimate of drug-likeness (QED) is 0.397. The standard InChI is InChI=1S/C22H19FN4O4/c23-17-3-1-2-4-18(17)27-12-8-19(25-27)24-20(28)14-5-9-22(10-6-14)16-13-26(30)11-7-15(16)21(29)31-22/h1-4,7-8,11-14H,5-6,9-10H2,(H,24,25,28)/t14-,22+. The Hall–Kier alpha value is -3.75. The summed E-state index contributed by atoms with van der Waals surface area (Å²) in [6, 6.07) is 9.33. The maximum absolute atomic E-state index is 13.9. The minimum atomic E-state index is -0.844. The van der Waals surface area contributed by atoms with Gasteiger partial charge in [-0.3, -0.25) is 4.79 Å². The van der Waals surface area contributed by atoms with E-state index in [-0.39, 0.29) is 11.8 Å². The number of rotatable bonds is 3. The lowest BCUT2D eigenvalue weighted by atomic mass is 9.75. The van der Waals surface area contributed by atoms with Crippen LogP contribution in [0.25, 0.3) is 5.69 Å². The smallest absolute Gasteiger partial charge is 0.339 e. The van der Waals surface area contributed by atoms with Crippen molar-refractivity contribution in [1.82, 2.24) is 9.78 Å². The van der Waals surface area contributed by atoms with Gasteiger partial charge in [0.2, 0.25) is 5.91 Å². The lowest BCUT2D eigenvalue weighted by Gasteiger charge is -2.35. The van der Waals surface area contributed by atoms with Crippen molar-refractivity contribution in [1.29, 1.82) is 0 Å². The van der Waals surface area contributed by atoms with Gasteiger partial charge in [0.15, 0.2) is 18.2 Å². The van der Waals surface area contributed by atoms with Crippen molar-refractivity contribution in [3.8, 4) is 5.69 Å². The van der Waals surface area contributed by atoms with Gasteiger partial charge in [-0.25, -0.2) is 13.9 Å². The highest BCUT2D eigenvalue weighted by Crippen LogP contribution is 2.47. The predicted octanol–water partition coefficient (Wildman–Crippen LogP) is 2.84. The van der Waals surface area contributed by atoms with Crippen LogP contribution in [-0.4, -0.2) is 21.7 Å². The van der Waals surface area contributed by atoms with Gasteiger partial charge in [-0.05, 0) is 37.8 Å². The minimum absolute atomic E-state index is 0.190. The molecule has 1 spiro atoms. The summed E-state index contributed by atoms with van der Waals surface area (Å²) in [5.41, 5.74) is 0.453. The minimum Gasteiger partial charge on any atom is -0.619 e. The number of hydrogen-bond donors (Lipinski definition) is 1. The molecule has 5 rings (SSSR count). The molecule has 0 bridgehead atoms. The molecule has 0 atom stereocenters. The highest BCUT2D eigenvalue weighted by molar-refractivity contribution is 5.95. The second-order valence-electron chi connectivity index (χ2n) is 7.88. The summed E-state index contributed by atoms with van der Waals surface area (Å²) in [6.45, 7) is 0. The number of pyridine rings is 1. The third kappa shape index (κ3) is 3.31. The molecule has 0 saturated heterocycles. The number of aromatic nitrogens is 3. The molecule has 1 amide bonds. The van der Waals surface area contributed by atoms with Crippen LogP contribution in [-0.2, 0) is 15.1 Å². The van der Waals surface area contributed by atoms with Crippen molar-refractivity contribution >= 4 is 17.7 Å². The van der Waals surface area contributed by atoms with Gasteiger partial charge >= 0.3 is 5.97 Å². The summed E-state index contributed by atoms with van der Waals surface area (Å²) in [7, 11) is 0. The van der Waals surface area contributed by atoms with Gasteiger partial charge in [-0.1, -0.05) is 12.1 Å². The zero-order valence-corrected chi connectivity index (χ0v) is 16.5. The lowest BCUT2D eigenvalue weighted by molar-refractivity contribution is -0.606. The molecule has 8 nitrogen and oxygen atoms in total. The lowest BCUT2D eigenvalue weighted by Crippen LogP contribution is -2.37. The summed E-state index contributed by atoms with van der Waals surface area (Å²) in [4.78, 5) is 25.0. The largest absolute Gasteiger partial charge is 0.619 e. The first kappa shape index (κ1) is 19.2. The van der Waals surface area contributed by atoms with Gasteiger partial charge in [-0.2, -0.15) is 4.73 Å². The Morgan fingerprint density at radius 1 is 1.26 bits per heavy atom. The number of esters is 1. The fourth-order valence-electron chi connectivity index (χ4n) is 4.41. The molecule has 3 heterocycles. The molecule has 2 aromatic heterocycles. The number of hydrogen-bond acceptors (Lipinski definition) is 5. The van der Waals surface area contributed by atoms with Crippen molar-refractivity contribution in [2.45, 2.75) is 31.3 Å². The molecule has 31 heavy (non-hydrogen) atoms. The Kier molecular flexibility index (Phi) is 4.46. The third-order valence-electron chi connectivity index (χ3n) is 6.04. The van der Waals surface area contributed by atoms with Crippen LogP contribution in [0.2, 0.25) is 0 Å². The van der Waals surface area contributed by atoms with Gasteiger partial charge in [0.25, 0.3) is 0 Å². The van der Waals surface area contributed by atoms with Gasteiger partial charge < -0.3 is 15.3 Å². The Balaban J connectivity index is 1.26. The van der Waals surface area contributed by atoms with Crippen LogP contribution >= 0.6 is 0 Å². The van der Waals surface area contributed by atoms with E-state index in [1.165, 1.54) is 29.2 Å². The predicted molar refractivity (Wildman–Crippen MR) is 107 cm³/mol. The Labute approximate surface area is 176 Å². The molecule has 0 radical (unpaired) electrons. The number of anilines is 1. The first-order chi connectivity index (χ1) is 14.9. The van der Waals surface area contributed by atoms with Gasteiger partial charge in [0.05, 0.1) is 11.1 Å². The summed E-state index contributed by atoms with van der Waals surface area (Å²) in [6.07, 6.45) is 6.15. The molecule has 1 fully saturated rings. The van der Waals surface area contributed by atoms with Crippen molar-refractivity contribution < 1.29 is 23.4 Å². The number of halogens is 1. The van der Waals surface area contributed by atoms with E-state index in [4.69, 9.17) is 4.74 Å². The molecular formula is C22H19FN4O4. The fourth-order valence-corrected chi connectivity index (χ4v) is 4.41. The number of ether oxygens (including phenoxy) is 1. The molecular weight excluding hydrogens is 403 g/mol. The number of para-hydroxylation sites is 1. The molecule has 158 valence electrons. The Morgan fingerprint density at radius 2 is 2.03 bits per heavy atom. The van der Waals surface area contributed by atoms with Crippen molar-refractivity contribution in [2.24, 2.45) is 5.92 Å². The summed E-state index contributed by atoms with van der Waals surface area (Å²) < 4.78 is 21.6. The Bertz CT molecular complexity index is 1180. The van der Waals surface area contributed by atoms with Crippen LogP contribution in [0.5, 0.6) is 0 Å². The zero-order chi connectivity index (χ0) is 21.6. The molecule has 3 aromatic rings. The zero-order valence-electron chi connectivity index (χ0n) is 16.5. The molecule has 1 aliphatic heterocycles. The first-order valence-electron chi connectivity index (χ1n) is 10.0. The summed E-state index contributed by atoms with van der Waals surface area (Å²) in [5, 5.41) is 18.7. The van der Waals surface area contributed by atoms with E-state index in [1.807, 2.05) is 0 Å². The highest BCUT2D eigenvalue weighted by atomic mass is 19.1. The number of benzene rings is 1. The molecule has 1 saturated carbocycles. The van der Waals surface area contributed by atoms with E-state index in [0.717, 1.165) is 0 Å². The van der Waals surface area contributed by atoms with Crippen LogP contribution in [0.1, 0.15) is 41.6 Å². The maximum atomic E-state index is 13.9. The number of fused-ring (bicyclic) bond motifs is 2. The van der Waals surface area contributed by atoms with Crippen LogP contribution < -0.4 is 10.0 Å². The van der Waals surface area contributed by atoms with Gasteiger partial charge in [0.1, 0.15) is 17.1 Å². The van der Waals surface area contributed by atoms with E-state index < -0.39 is 17.4 Å². The number of nitrogens with zero attached hydrogens (tertiary/aromatic N) is 3. The molecule has 2 aliphatic rings.